The fraction of sp³-hybridized carbons (Fsp3) is 0.824. The van der Waals surface area contributed by atoms with E-state index in [1.807, 2.05) is 0 Å². The van der Waals surface area contributed by atoms with Crippen molar-refractivity contribution in [1.82, 2.24) is 15.1 Å². The van der Waals surface area contributed by atoms with Gasteiger partial charge < -0.3 is 10.1 Å². The Morgan fingerprint density at radius 2 is 1.95 bits per heavy atom. The molecule has 0 bridgehead atoms. The number of nitrogens with zero attached hydrogens (tertiary/aromatic N) is 2. The second kappa shape index (κ2) is 6.93. The van der Waals surface area contributed by atoms with Gasteiger partial charge in [-0.15, -0.1) is 0 Å². The highest BCUT2D eigenvalue weighted by Crippen LogP contribution is 2.22. The molecule has 4 nitrogen and oxygen atoms in total. The monoisotopic (exact) mass is 293 g/mol. The molecule has 2 atom stereocenters. The molecule has 0 aromatic carbocycles. The van der Waals surface area contributed by atoms with Crippen LogP contribution in [0.5, 0.6) is 0 Å². The van der Waals surface area contributed by atoms with Gasteiger partial charge in [0, 0.05) is 17.8 Å². The fourth-order valence-corrected chi connectivity index (χ4v) is 2.81. The third-order valence-electron chi connectivity index (χ3n) is 4.07. The summed E-state index contributed by atoms with van der Waals surface area (Å²) < 4.78 is 8.34. The maximum atomic E-state index is 6.18. The summed E-state index contributed by atoms with van der Waals surface area (Å²) in [6.07, 6.45) is 4.99. The molecule has 1 aromatic rings. The maximum Gasteiger partial charge on any atom is 0.0776 e. The normalized spacial score (nSPS) is 22.9. The summed E-state index contributed by atoms with van der Waals surface area (Å²) >= 11 is 0. The predicted octanol–water partition coefficient (Wildman–Crippen LogP) is 2.94. The molecule has 1 saturated heterocycles. The van der Waals surface area contributed by atoms with Gasteiger partial charge in [0.25, 0.3) is 0 Å². The van der Waals surface area contributed by atoms with Crippen molar-refractivity contribution in [2.45, 2.75) is 84.6 Å². The Hall–Kier alpha value is -0.870. The SMILES string of the molecule is CCc1cc(CC)n(CC2CCC(CNC(C)(C)C)O2)n1. The highest BCUT2D eigenvalue weighted by atomic mass is 16.5. The molecule has 4 heteroatoms. The first-order chi connectivity index (χ1) is 9.91. The smallest absolute Gasteiger partial charge is 0.0776 e. The van der Waals surface area contributed by atoms with E-state index in [4.69, 9.17) is 9.84 Å². The van der Waals surface area contributed by atoms with Crippen LogP contribution in [0, 0.1) is 0 Å². The molecule has 1 fully saturated rings. The molecule has 0 radical (unpaired) electrons. The van der Waals surface area contributed by atoms with Crippen LogP contribution in [0.1, 0.15) is 58.8 Å². The second-order valence-electron chi connectivity index (χ2n) is 7.10. The highest BCUT2D eigenvalue weighted by Gasteiger charge is 2.27. The molecular weight excluding hydrogens is 262 g/mol. The van der Waals surface area contributed by atoms with E-state index in [0.717, 1.165) is 38.8 Å². The number of aryl methyl sites for hydroxylation is 2. The average molecular weight is 293 g/mol. The van der Waals surface area contributed by atoms with Gasteiger partial charge in [0.15, 0.2) is 0 Å². The van der Waals surface area contributed by atoms with Crippen molar-refractivity contribution < 1.29 is 4.74 Å². The number of hydrogen-bond donors (Lipinski definition) is 1. The lowest BCUT2D eigenvalue weighted by Crippen LogP contribution is -2.41. The Morgan fingerprint density at radius 3 is 2.57 bits per heavy atom. The lowest BCUT2D eigenvalue weighted by molar-refractivity contribution is 0.0307. The molecule has 2 heterocycles. The summed E-state index contributed by atoms with van der Waals surface area (Å²) in [4.78, 5) is 0. The number of aromatic nitrogens is 2. The quantitative estimate of drug-likeness (QED) is 0.876. The van der Waals surface area contributed by atoms with Gasteiger partial charge in [-0.1, -0.05) is 13.8 Å². The van der Waals surface area contributed by atoms with Crippen LogP contribution in [0.2, 0.25) is 0 Å². The third kappa shape index (κ3) is 4.82. The minimum absolute atomic E-state index is 0.162. The van der Waals surface area contributed by atoms with E-state index >= 15 is 0 Å². The van der Waals surface area contributed by atoms with Crippen LogP contribution in [-0.2, 0) is 24.1 Å². The lowest BCUT2D eigenvalue weighted by atomic mass is 10.1. The molecule has 1 aromatic heterocycles. The topological polar surface area (TPSA) is 39.1 Å². The van der Waals surface area contributed by atoms with E-state index in [1.54, 1.807) is 0 Å². The van der Waals surface area contributed by atoms with Crippen LogP contribution in [0.3, 0.4) is 0 Å². The van der Waals surface area contributed by atoms with Crippen molar-refractivity contribution >= 4 is 0 Å². The molecular formula is C17H31N3O. The Balaban J connectivity index is 1.86. The summed E-state index contributed by atoms with van der Waals surface area (Å²) in [6.45, 7) is 12.8. The molecule has 2 rings (SSSR count). The molecule has 120 valence electrons. The minimum atomic E-state index is 0.162. The van der Waals surface area contributed by atoms with Crippen molar-refractivity contribution in [3.8, 4) is 0 Å². The Bertz CT molecular complexity index is 447. The first kappa shape index (κ1) is 16.5. The molecule has 1 aliphatic heterocycles. The van der Waals surface area contributed by atoms with Crippen molar-refractivity contribution in [2.24, 2.45) is 0 Å². The number of nitrogens with one attached hydrogen (secondary N) is 1. The van der Waals surface area contributed by atoms with Crippen LogP contribution in [0.15, 0.2) is 6.07 Å². The standard InChI is InChI=1S/C17H31N3O/c1-6-13-10-14(7-2)20(19-13)12-16-9-8-15(21-16)11-18-17(3,4)5/h10,15-16,18H,6-9,11-12H2,1-5H3. The van der Waals surface area contributed by atoms with E-state index in [0.29, 0.717) is 12.2 Å². The third-order valence-corrected chi connectivity index (χ3v) is 4.07. The summed E-state index contributed by atoms with van der Waals surface area (Å²) in [5, 5.41) is 8.23. The molecule has 2 unspecified atom stereocenters. The molecule has 0 aliphatic carbocycles. The van der Waals surface area contributed by atoms with Gasteiger partial charge in [-0.2, -0.15) is 5.10 Å². The predicted molar refractivity (Wildman–Crippen MR) is 86.6 cm³/mol. The van der Waals surface area contributed by atoms with Crippen LogP contribution in [-0.4, -0.2) is 34.1 Å². The van der Waals surface area contributed by atoms with Crippen LogP contribution in [0.4, 0.5) is 0 Å². The van der Waals surface area contributed by atoms with Crippen molar-refractivity contribution in [3.63, 3.8) is 0 Å². The zero-order valence-electron chi connectivity index (χ0n) is 14.3. The zero-order chi connectivity index (χ0) is 15.5. The Morgan fingerprint density at radius 1 is 1.24 bits per heavy atom. The number of rotatable bonds is 6. The molecule has 0 amide bonds. The second-order valence-corrected chi connectivity index (χ2v) is 7.10. The number of ether oxygens (including phenoxy) is 1. The van der Waals surface area contributed by atoms with E-state index < -0.39 is 0 Å². The summed E-state index contributed by atoms with van der Waals surface area (Å²) in [5.74, 6) is 0. The van der Waals surface area contributed by atoms with Gasteiger partial charge in [0.2, 0.25) is 0 Å². The minimum Gasteiger partial charge on any atom is -0.372 e. The van der Waals surface area contributed by atoms with E-state index in [9.17, 15) is 0 Å². The van der Waals surface area contributed by atoms with E-state index in [-0.39, 0.29) is 5.54 Å². The van der Waals surface area contributed by atoms with E-state index in [2.05, 4.69) is 50.7 Å². The summed E-state index contributed by atoms with van der Waals surface area (Å²) in [7, 11) is 0. The van der Waals surface area contributed by atoms with Gasteiger partial charge in [-0.25, -0.2) is 0 Å². The van der Waals surface area contributed by atoms with Gasteiger partial charge in [0.1, 0.15) is 0 Å². The molecule has 0 spiro atoms. The average Bonchev–Trinajstić information content (AvgIpc) is 3.02. The summed E-state index contributed by atoms with van der Waals surface area (Å²) in [5.41, 5.74) is 2.68. The van der Waals surface area contributed by atoms with Gasteiger partial charge >= 0.3 is 0 Å². The highest BCUT2D eigenvalue weighted by molar-refractivity contribution is 5.10. The van der Waals surface area contributed by atoms with Crippen LogP contribution >= 0.6 is 0 Å². The van der Waals surface area contributed by atoms with Crippen molar-refractivity contribution in [2.75, 3.05) is 6.54 Å². The van der Waals surface area contributed by atoms with Gasteiger partial charge in [-0.05, 0) is 52.5 Å². The van der Waals surface area contributed by atoms with Gasteiger partial charge in [0.05, 0.1) is 24.4 Å². The maximum absolute atomic E-state index is 6.18. The zero-order valence-corrected chi connectivity index (χ0v) is 14.3. The first-order valence-electron chi connectivity index (χ1n) is 8.37. The van der Waals surface area contributed by atoms with Crippen LogP contribution < -0.4 is 5.32 Å². The summed E-state index contributed by atoms with van der Waals surface area (Å²) in [6, 6.07) is 2.23. The largest absolute Gasteiger partial charge is 0.372 e. The van der Waals surface area contributed by atoms with Crippen molar-refractivity contribution in [3.05, 3.63) is 17.5 Å². The van der Waals surface area contributed by atoms with Crippen LogP contribution in [0.25, 0.3) is 0 Å². The Labute approximate surface area is 129 Å². The fourth-order valence-electron chi connectivity index (χ4n) is 2.81. The lowest BCUT2D eigenvalue weighted by Gasteiger charge is -2.23. The number of hydrogen-bond acceptors (Lipinski definition) is 3. The molecule has 0 saturated carbocycles. The van der Waals surface area contributed by atoms with Crippen molar-refractivity contribution in [1.29, 1.82) is 0 Å². The molecule has 1 aliphatic rings. The van der Waals surface area contributed by atoms with E-state index in [1.165, 1.54) is 11.4 Å². The Kier molecular flexibility index (Phi) is 5.44. The molecule has 1 N–H and O–H groups in total. The molecule has 21 heavy (non-hydrogen) atoms. The first-order valence-corrected chi connectivity index (χ1v) is 8.37. The van der Waals surface area contributed by atoms with Gasteiger partial charge in [-0.3, -0.25) is 4.68 Å².